The van der Waals surface area contributed by atoms with Crippen LogP contribution in [0.15, 0.2) is 22.7 Å². The Labute approximate surface area is 114 Å². The molecule has 1 aliphatic rings. The predicted molar refractivity (Wildman–Crippen MR) is 72.4 cm³/mol. The second kappa shape index (κ2) is 4.72. The number of imide groups is 1. The summed E-state index contributed by atoms with van der Waals surface area (Å²) in [4.78, 5) is 25.3. The lowest BCUT2D eigenvalue weighted by Crippen LogP contribution is -2.30. The number of carbonyl (C=O) groups is 2. The summed E-state index contributed by atoms with van der Waals surface area (Å²) in [5, 5.41) is 0. The van der Waals surface area contributed by atoms with Gasteiger partial charge in [0, 0.05) is 27.6 Å². The fourth-order valence-corrected chi connectivity index (χ4v) is 2.59. The first-order valence-corrected chi connectivity index (χ1v) is 6.61. The van der Waals surface area contributed by atoms with Gasteiger partial charge in [-0.1, -0.05) is 35.8 Å². The van der Waals surface area contributed by atoms with Crippen molar-refractivity contribution in [3.05, 3.63) is 28.2 Å². The number of nitrogens with zero attached hydrogens (tertiary/aromatic N) is 1. The molecule has 0 bridgehead atoms. The largest absolute Gasteiger partial charge is 0.398 e. The van der Waals surface area contributed by atoms with Gasteiger partial charge in [-0.15, -0.1) is 0 Å². The lowest BCUT2D eigenvalue weighted by Gasteiger charge is -2.17. The molecule has 1 aliphatic heterocycles. The van der Waals surface area contributed by atoms with Crippen molar-refractivity contribution in [2.24, 2.45) is 11.8 Å². The number of anilines is 1. The van der Waals surface area contributed by atoms with Gasteiger partial charge in [0.15, 0.2) is 0 Å². The Kier molecular flexibility index (Phi) is 3.43. The van der Waals surface area contributed by atoms with Gasteiger partial charge in [-0.3, -0.25) is 14.5 Å². The summed E-state index contributed by atoms with van der Waals surface area (Å²) < 4.78 is 0.815. The maximum absolute atomic E-state index is 12.0. The summed E-state index contributed by atoms with van der Waals surface area (Å²) in [5.74, 6) is -0.743. The maximum atomic E-state index is 12.0. The molecule has 1 saturated heterocycles. The van der Waals surface area contributed by atoms with Crippen LogP contribution < -0.4 is 5.73 Å². The first-order chi connectivity index (χ1) is 8.43. The lowest BCUT2D eigenvalue weighted by atomic mass is 10.00. The predicted octanol–water partition coefficient (Wildman–Crippen LogP) is 2.17. The Hall–Kier alpha value is -1.36. The highest BCUT2D eigenvalue weighted by Crippen LogP contribution is 2.30. The highest BCUT2D eigenvalue weighted by Gasteiger charge is 2.42. The molecule has 2 N–H and O–H groups in total. The number of likely N-dealkylation sites (tertiary alicyclic amines) is 1. The van der Waals surface area contributed by atoms with Crippen molar-refractivity contribution >= 4 is 33.4 Å². The third-order valence-corrected chi connectivity index (χ3v) is 4.28. The van der Waals surface area contributed by atoms with Crippen LogP contribution in [-0.4, -0.2) is 16.7 Å². The van der Waals surface area contributed by atoms with Gasteiger partial charge >= 0.3 is 0 Å². The second-order valence-corrected chi connectivity index (χ2v) is 5.50. The van der Waals surface area contributed by atoms with Crippen molar-refractivity contribution in [3.63, 3.8) is 0 Å². The average Bonchev–Trinajstić information content (AvgIpc) is 2.51. The van der Waals surface area contributed by atoms with Gasteiger partial charge in [0.05, 0.1) is 6.54 Å². The number of nitrogens with two attached hydrogens (primary N) is 1. The van der Waals surface area contributed by atoms with E-state index in [1.165, 1.54) is 4.90 Å². The van der Waals surface area contributed by atoms with Gasteiger partial charge in [-0.25, -0.2) is 0 Å². The molecule has 1 heterocycles. The Balaban J connectivity index is 2.30. The minimum atomic E-state index is -0.249. The van der Waals surface area contributed by atoms with Crippen LogP contribution in [-0.2, 0) is 16.1 Å². The minimum absolute atomic E-state index is 0.123. The van der Waals surface area contributed by atoms with E-state index >= 15 is 0 Å². The fourth-order valence-electron chi connectivity index (χ4n) is 2.08. The van der Waals surface area contributed by atoms with E-state index in [1.807, 2.05) is 12.1 Å². The number of benzene rings is 1. The van der Waals surface area contributed by atoms with Crippen LogP contribution in [0.25, 0.3) is 0 Å². The minimum Gasteiger partial charge on any atom is -0.398 e. The highest BCUT2D eigenvalue weighted by molar-refractivity contribution is 9.10. The Morgan fingerprint density at radius 3 is 2.28 bits per heavy atom. The van der Waals surface area contributed by atoms with Crippen molar-refractivity contribution in [2.75, 3.05) is 5.73 Å². The third kappa shape index (κ3) is 2.03. The van der Waals surface area contributed by atoms with Crippen molar-refractivity contribution in [1.29, 1.82) is 0 Å². The Bertz CT molecular complexity index is 475. The molecule has 2 atom stereocenters. The van der Waals surface area contributed by atoms with Crippen LogP contribution in [0.3, 0.4) is 0 Å². The molecule has 2 rings (SSSR count). The molecule has 1 fully saturated rings. The quantitative estimate of drug-likeness (QED) is 0.672. The normalized spacial score (nSPS) is 23.8. The molecule has 4 nitrogen and oxygen atoms in total. The van der Waals surface area contributed by atoms with Crippen molar-refractivity contribution < 1.29 is 9.59 Å². The number of halogens is 1. The number of carbonyl (C=O) groups excluding carboxylic acids is 2. The Morgan fingerprint density at radius 2 is 1.78 bits per heavy atom. The standard InChI is InChI=1S/C13H15BrN2O2/c1-7-8(2)13(18)16(12(7)17)6-9-10(14)4-3-5-11(9)15/h3-5,7-8H,6,15H2,1-2H3. The van der Waals surface area contributed by atoms with Gasteiger partial charge < -0.3 is 5.73 Å². The summed E-state index contributed by atoms with van der Waals surface area (Å²) in [7, 11) is 0. The van der Waals surface area contributed by atoms with E-state index in [4.69, 9.17) is 5.73 Å². The van der Waals surface area contributed by atoms with Gasteiger partial charge in [0.25, 0.3) is 0 Å². The van der Waals surface area contributed by atoms with Gasteiger partial charge in [0.1, 0.15) is 0 Å². The molecule has 18 heavy (non-hydrogen) atoms. The summed E-state index contributed by atoms with van der Waals surface area (Å²) >= 11 is 3.40. The molecule has 0 saturated carbocycles. The molecule has 1 aromatic carbocycles. The zero-order valence-corrected chi connectivity index (χ0v) is 11.9. The monoisotopic (exact) mass is 310 g/mol. The zero-order chi connectivity index (χ0) is 13.4. The third-order valence-electron chi connectivity index (χ3n) is 3.53. The molecule has 2 unspecified atom stereocenters. The van der Waals surface area contributed by atoms with Crippen molar-refractivity contribution in [1.82, 2.24) is 4.90 Å². The van der Waals surface area contributed by atoms with E-state index < -0.39 is 0 Å². The second-order valence-electron chi connectivity index (χ2n) is 4.65. The molecule has 2 amide bonds. The number of amides is 2. The smallest absolute Gasteiger partial charge is 0.233 e. The SMILES string of the molecule is CC1C(=O)N(Cc2c(N)cccc2Br)C(=O)C1C. The first kappa shape index (κ1) is 13.1. The number of hydrogen-bond donors (Lipinski definition) is 1. The molecule has 1 aromatic rings. The van der Waals surface area contributed by atoms with Crippen LogP contribution in [0, 0.1) is 11.8 Å². The molecule has 0 aliphatic carbocycles. The maximum Gasteiger partial charge on any atom is 0.233 e. The zero-order valence-electron chi connectivity index (χ0n) is 10.3. The molecule has 5 heteroatoms. The molecule has 96 valence electrons. The van der Waals surface area contributed by atoms with Crippen LogP contribution in [0.4, 0.5) is 5.69 Å². The number of hydrogen-bond acceptors (Lipinski definition) is 3. The molecular formula is C13H15BrN2O2. The molecule has 0 spiro atoms. The fraction of sp³-hybridized carbons (Fsp3) is 0.385. The van der Waals surface area contributed by atoms with Gasteiger partial charge in [-0.05, 0) is 12.1 Å². The summed E-state index contributed by atoms with van der Waals surface area (Å²) in [6.45, 7) is 3.81. The van der Waals surface area contributed by atoms with Gasteiger partial charge in [0.2, 0.25) is 11.8 Å². The topological polar surface area (TPSA) is 63.4 Å². The highest BCUT2D eigenvalue weighted by atomic mass is 79.9. The van der Waals surface area contributed by atoms with E-state index in [9.17, 15) is 9.59 Å². The summed E-state index contributed by atoms with van der Waals surface area (Å²) in [6.07, 6.45) is 0. The van der Waals surface area contributed by atoms with E-state index in [1.54, 1.807) is 19.9 Å². The van der Waals surface area contributed by atoms with E-state index in [2.05, 4.69) is 15.9 Å². The summed E-state index contributed by atoms with van der Waals surface area (Å²) in [5.41, 5.74) is 7.24. The van der Waals surface area contributed by atoms with E-state index in [0.29, 0.717) is 5.69 Å². The van der Waals surface area contributed by atoms with Crippen LogP contribution in [0.5, 0.6) is 0 Å². The van der Waals surface area contributed by atoms with E-state index in [-0.39, 0.29) is 30.2 Å². The molecular weight excluding hydrogens is 296 g/mol. The Morgan fingerprint density at radius 1 is 1.22 bits per heavy atom. The molecule has 0 aromatic heterocycles. The van der Waals surface area contributed by atoms with Crippen LogP contribution in [0.1, 0.15) is 19.4 Å². The summed E-state index contributed by atoms with van der Waals surface area (Å²) in [6, 6.07) is 5.43. The first-order valence-electron chi connectivity index (χ1n) is 5.81. The van der Waals surface area contributed by atoms with E-state index in [0.717, 1.165) is 10.0 Å². The van der Waals surface area contributed by atoms with Crippen LogP contribution in [0.2, 0.25) is 0 Å². The lowest BCUT2D eigenvalue weighted by molar-refractivity contribution is -0.140. The van der Waals surface area contributed by atoms with Gasteiger partial charge in [-0.2, -0.15) is 0 Å². The van der Waals surface area contributed by atoms with Crippen molar-refractivity contribution in [3.8, 4) is 0 Å². The number of rotatable bonds is 2. The average molecular weight is 311 g/mol. The molecule has 0 radical (unpaired) electrons. The van der Waals surface area contributed by atoms with Crippen molar-refractivity contribution in [2.45, 2.75) is 20.4 Å². The van der Waals surface area contributed by atoms with Crippen LogP contribution >= 0.6 is 15.9 Å². The number of nitrogen functional groups attached to an aromatic ring is 1.